The maximum absolute atomic E-state index is 14.7. The molecule has 4 aromatic rings. The van der Waals surface area contributed by atoms with E-state index in [9.17, 15) is 28.7 Å². The number of benzene rings is 4. The molecule has 4 aromatic carbocycles. The number of phenolic OH excluding ortho intramolecular Hbond substituents is 1. The minimum absolute atomic E-state index is 0.0286. The Morgan fingerprint density at radius 1 is 0.772 bits per heavy atom. The lowest BCUT2D eigenvalue weighted by Gasteiger charge is -2.49. The van der Waals surface area contributed by atoms with Gasteiger partial charge in [-0.3, -0.25) is 24.1 Å². The number of fused-ring (bicyclic) bond motifs is 4. The van der Waals surface area contributed by atoms with Gasteiger partial charge in [0.2, 0.25) is 23.6 Å². The van der Waals surface area contributed by atoms with Crippen LogP contribution in [0.4, 0.5) is 15.8 Å². The molecule has 1 saturated carbocycles. The van der Waals surface area contributed by atoms with Crippen molar-refractivity contribution in [3.05, 3.63) is 117 Å². The molecule has 1 N–H and O–H groups in total. The summed E-state index contributed by atoms with van der Waals surface area (Å²) in [5.41, 5.74) is 1.94. The van der Waals surface area contributed by atoms with Crippen LogP contribution in [0.5, 0.6) is 23.0 Å². The highest BCUT2D eigenvalue weighted by atomic mass is 35.5. The standard InChI is InChI=1S/C44H37Cl2FN2O8/c1-44-31(41(52)49(43(44)54)26-11-15-34(47)32(45)20-26)21-30-28(38(44)24-18-33(46)39(50)36(19-24)57-4)13-14-29-37(30)42(53)48(40(29)51)25-9-6-22(7-10-25)5-8-23-17-27(55-2)12-16-35(23)56-3/h5-13,15-20,29-31,37-38,50H,14,21H2,1-4H3/t29-,30+,31-,37-,38-,44+/m0/s1. The van der Waals surface area contributed by atoms with Gasteiger partial charge in [0.05, 0.1) is 65.9 Å². The molecule has 4 amide bonds. The van der Waals surface area contributed by atoms with Crippen molar-refractivity contribution >= 4 is 70.4 Å². The molecule has 2 heterocycles. The van der Waals surface area contributed by atoms with E-state index in [1.54, 1.807) is 39.3 Å². The van der Waals surface area contributed by atoms with Crippen LogP contribution in [0.2, 0.25) is 10.0 Å². The maximum Gasteiger partial charge on any atom is 0.241 e. The third kappa shape index (κ3) is 5.98. The Bertz CT molecular complexity index is 2430. The number of hydrogen-bond donors (Lipinski definition) is 1. The largest absolute Gasteiger partial charge is 0.503 e. The van der Waals surface area contributed by atoms with Crippen LogP contribution in [0.3, 0.4) is 0 Å². The van der Waals surface area contributed by atoms with E-state index in [1.165, 1.54) is 30.2 Å². The van der Waals surface area contributed by atoms with Gasteiger partial charge in [0.15, 0.2) is 11.5 Å². The van der Waals surface area contributed by atoms with Gasteiger partial charge in [0.25, 0.3) is 0 Å². The molecule has 0 aromatic heterocycles. The van der Waals surface area contributed by atoms with Crippen LogP contribution in [-0.2, 0) is 19.2 Å². The van der Waals surface area contributed by atoms with Crippen molar-refractivity contribution < 1.29 is 42.9 Å². The highest BCUT2D eigenvalue weighted by Crippen LogP contribution is 2.64. The van der Waals surface area contributed by atoms with Crippen molar-refractivity contribution in [2.24, 2.45) is 29.1 Å². The molecular formula is C44H37Cl2FN2O8. The summed E-state index contributed by atoms with van der Waals surface area (Å²) in [7, 11) is 4.55. The van der Waals surface area contributed by atoms with Gasteiger partial charge in [-0.05, 0) is 97.5 Å². The van der Waals surface area contributed by atoms with Crippen LogP contribution >= 0.6 is 23.2 Å². The normalized spacial score (nSPS) is 25.4. The molecule has 10 nitrogen and oxygen atoms in total. The predicted molar refractivity (Wildman–Crippen MR) is 213 cm³/mol. The molecule has 2 aliphatic heterocycles. The predicted octanol–water partition coefficient (Wildman–Crippen LogP) is 8.47. The number of carbonyl (C=O) groups is 4. The number of ether oxygens (including phenoxy) is 3. The van der Waals surface area contributed by atoms with Crippen molar-refractivity contribution in [3.63, 3.8) is 0 Å². The number of rotatable bonds is 8. The topological polar surface area (TPSA) is 123 Å². The maximum atomic E-state index is 14.7. The summed E-state index contributed by atoms with van der Waals surface area (Å²) >= 11 is 12.6. The zero-order valence-corrected chi connectivity index (χ0v) is 32.8. The average Bonchev–Trinajstić information content (AvgIpc) is 3.58. The number of carbonyl (C=O) groups excluding carboxylic acids is 4. The van der Waals surface area contributed by atoms with Gasteiger partial charge >= 0.3 is 0 Å². The van der Waals surface area contributed by atoms with Gasteiger partial charge in [-0.1, -0.05) is 59.1 Å². The van der Waals surface area contributed by atoms with E-state index >= 15 is 0 Å². The van der Waals surface area contributed by atoms with Gasteiger partial charge in [-0.2, -0.15) is 0 Å². The Morgan fingerprint density at radius 2 is 1.49 bits per heavy atom. The Hall–Kier alpha value is -5.65. The second-order valence-electron chi connectivity index (χ2n) is 14.9. The molecule has 0 spiro atoms. The summed E-state index contributed by atoms with van der Waals surface area (Å²) in [5, 5.41) is 10.4. The van der Waals surface area contributed by atoms with Gasteiger partial charge in [-0.15, -0.1) is 0 Å². The summed E-state index contributed by atoms with van der Waals surface area (Å²) in [4.78, 5) is 60.2. The molecule has 3 fully saturated rings. The number of imide groups is 2. The fourth-order valence-corrected chi connectivity index (χ4v) is 9.72. The Morgan fingerprint density at radius 3 is 2.18 bits per heavy atom. The first-order valence-electron chi connectivity index (χ1n) is 18.3. The van der Waals surface area contributed by atoms with E-state index in [1.807, 2.05) is 48.6 Å². The first-order valence-corrected chi connectivity index (χ1v) is 19.1. The van der Waals surface area contributed by atoms with Crippen LogP contribution < -0.4 is 24.0 Å². The lowest BCUT2D eigenvalue weighted by atomic mass is 9.51. The monoisotopic (exact) mass is 810 g/mol. The van der Waals surface area contributed by atoms with Crippen LogP contribution in [0.1, 0.15) is 42.4 Å². The quantitative estimate of drug-likeness (QED) is 0.107. The number of amides is 4. The van der Waals surface area contributed by atoms with Crippen molar-refractivity contribution in [1.29, 1.82) is 0 Å². The zero-order chi connectivity index (χ0) is 40.5. The molecule has 0 bridgehead atoms. The summed E-state index contributed by atoms with van der Waals surface area (Å²) < 4.78 is 30.5. The second kappa shape index (κ2) is 14.4. The number of halogens is 3. The highest BCUT2D eigenvalue weighted by Gasteiger charge is 2.67. The Balaban J connectivity index is 1.16. The lowest BCUT2D eigenvalue weighted by Crippen LogP contribution is -2.48. The Kier molecular flexibility index (Phi) is 9.64. The fraction of sp³-hybridized carbons (Fsp3) is 0.273. The molecule has 6 atom stereocenters. The number of anilines is 2. The van der Waals surface area contributed by atoms with Crippen molar-refractivity contribution in [3.8, 4) is 23.0 Å². The highest BCUT2D eigenvalue weighted by molar-refractivity contribution is 6.32. The van der Waals surface area contributed by atoms with Gasteiger partial charge < -0.3 is 19.3 Å². The number of methoxy groups -OCH3 is 3. The zero-order valence-electron chi connectivity index (χ0n) is 31.3. The molecule has 2 saturated heterocycles. The van der Waals surface area contributed by atoms with Crippen molar-refractivity contribution in [2.75, 3.05) is 31.1 Å². The number of phenols is 1. The van der Waals surface area contributed by atoms with Gasteiger partial charge in [0, 0.05) is 11.5 Å². The van der Waals surface area contributed by atoms with Crippen LogP contribution in [-0.4, -0.2) is 50.1 Å². The van der Waals surface area contributed by atoms with Crippen LogP contribution in [0.25, 0.3) is 12.2 Å². The third-order valence-electron chi connectivity index (χ3n) is 12.1. The summed E-state index contributed by atoms with van der Waals surface area (Å²) in [6, 6.07) is 19.3. The van der Waals surface area contributed by atoms with E-state index in [-0.39, 0.29) is 46.0 Å². The third-order valence-corrected chi connectivity index (χ3v) is 12.7. The minimum atomic E-state index is -1.41. The molecule has 0 radical (unpaired) electrons. The van der Waals surface area contributed by atoms with Crippen LogP contribution in [0.15, 0.2) is 84.4 Å². The van der Waals surface area contributed by atoms with E-state index in [0.717, 1.165) is 27.7 Å². The molecule has 2 aliphatic carbocycles. The number of nitrogens with zero attached hydrogens (tertiary/aromatic N) is 2. The number of hydrogen-bond acceptors (Lipinski definition) is 8. The molecule has 13 heteroatoms. The molecule has 0 unspecified atom stereocenters. The molecule has 292 valence electrons. The first kappa shape index (κ1) is 38.2. The summed E-state index contributed by atoms with van der Waals surface area (Å²) in [6.45, 7) is 1.71. The lowest BCUT2D eigenvalue weighted by molar-refractivity contribution is -0.131. The van der Waals surface area contributed by atoms with E-state index in [2.05, 4.69) is 0 Å². The van der Waals surface area contributed by atoms with Crippen LogP contribution in [0, 0.1) is 34.9 Å². The molecule has 8 rings (SSSR count). The molecule has 57 heavy (non-hydrogen) atoms. The van der Waals surface area contributed by atoms with E-state index < -0.39 is 58.5 Å². The number of aromatic hydroxyl groups is 1. The second-order valence-corrected chi connectivity index (χ2v) is 15.7. The first-order chi connectivity index (χ1) is 27.3. The van der Waals surface area contributed by atoms with Crippen molar-refractivity contribution in [2.45, 2.75) is 25.7 Å². The summed E-state index contributed by atoms with van der Waals surface area (Å²) in [5.74, 6) is -5.31. The minimum Gasteiger partial charge on any atom is -0.503 e. The summed E-state index contributed by atoms with van der Waals surface area (Å²) in [6.07, 6.45) is 6.01. The van der Waals surface area contributed by atoms with E-state index in [4.69, 9.17) is 37.4 Å². The van der Waals surface area contributed by atoms with Gasteiger partial charge in [0.1, 0.15) is 17.3 Å². The van der Waals surface area contributed by atoms with Crippen molar-refractivity contribution in [1.82, 2.24) is 0 Å². The molecular weight excluding hydrogens is 774 g/mol. The van der Waals surface area contributed by atoms with Gasteiger partial charge in [-0.25, -0.2) is 9.29 Å². The Labute approximate surface area is 338 Å². The number of allylic oxidation sites excluding steroid dienone is 2. The molecule has 4 aliphatic rings. The van der Waals surface area contributed by atoms with E-state index in [0.29, 0.717) is 22.7 Å². The smallest absolute Gasteiger partial charge is 0.241 e. The fourth-order valence-electron chi connectivity index (χ4n) is 9.33. The average molecular weight is 812 g/mol. The SMILES string of the molecule is COc1ccc(OC)c(C=Cc2ccc(N3C(=O)[C@H]4[C@H](CC=C5[C@H]4C[C@H]4C(=O)N(c6ccc(F)c(Cl)c6)C(=O)[C@@]4(C)[C@H]5c4cc(Cl)c(O)c(OC)c4)C3=O)cc2)c1.